The second-order valence-corrected chi connectivity index (χ2v) is 5.89. The van der Waals surface area contributed by atoms with Gasteiger partial charge in [0, 0.05) is 24.2 Å². The van der Waals surface area contributed by atoms with Gasteiger partial charge in [-0.1, -0.05) is 12.7 Å². The molecule has 2 rings (SSSR count). The van der Waals surface area contributed by atoms with Gasteiger partial charge in [-0.25, -0.2) is 0 Å². The highest BCUT2D eigenvalue weighted by Gasteiger charge is 2.30. The number of piperidine rings is 1. The minimum Gasteiger partial charge on any atom is -0.493 e. The van der Waals surface area contributed by atoms with E-state index in [0.717, 1.165) is 25.8 Å². The fraction of sp³-hybridized carbons (Fsp3) is 0.500. The van der Waals surface area contributed by atoms with Crippen LogP contribution in [0.5, 0.6) is 11.5 Å². The summed E-state index contributed by atoms with van der Waals surface area (Å²) in [6.45, 7) is 6.73. The van der Waals surface area contributed by atoms with E-state index in [4.69, 9.17) is 15.2 Å². The second kappa shape index (κ2) is 9.55. The number of benzene rings is 1. The summed E-state index contributed by atoms with van der Waals surface area (Å²) in [4.78, 5) is 14.8. The minimum absolute atomic E-state index is 0. The Bertz CT molecular complexity index is 563. The SMILES string of the molecule is C=CCOc1ccc(C(=O)N2CCCCC2C(C)N)cc1OC.Cl. The third-order valence-corrected chi connectivity index (χ3v) is 4.18. The zero-order chi connectivity index (χ0) is 16.8. The second-order valence-electron chi connectivity index (χ2n) is 5.89. The summed E-state index contributed by atoms with van der Waals surface area (Å²) >= 11 is 0. The van der Waals surface area contributed by atoms with E-state index < -0.39 is 0 Å². The molecule has 1 aliphatic rings. The first-order valence-corrected chi connectivity index (χ1v) is 8.06. The number of rotatable bonds is 6. The number of hydrogen-bond donors (Lipinski definition) is 1. The molecule has 0 radical (unpaired) electrons. The van der Waals surface area contributed by atoms with Crippen LogP contribution in [0.25, 0.3) is 0 Å². The van der Waals surface area contributed by atoms with Crippen molar-refractivity contribution in [1.82, 2.24) is 4.90 Å². The standard InChI is InChI=1S/C18H26N2O3.ClH/c1-4-11-23-16-9-8-14(12-17(16)22-3)18(21)20-10-6-5-7-15(20)13(2)19;/h4,8-9,12-13,15H,1,5-7,10-11,19H2,2-3H3;1H. The van der Waals surface area contributed by atoms with Crippen molar-refractivity contribution in [1.29, 1.82) is 0 Å². The quantitative estimate of drug-likeness (QED) is 0.797. The Labute approximate surface area is 150 Å². The van der Waals surface area contributed by atoms with Crippen LogP contribution < -0.4 is 15.2 Å². The number of likely N-dealkylation sites (tertiary alicyclic amines) is 1. The van der Waals surface area contributed by atoms with Crippen LogP contribution in [0.15, 0.2) is 30.9 Å². The number of halogens is 1. The van der Waals surface area contributed by atoms with Crippen LogP contribution in [0.2, 0.25) is 0 Å². The first-order valence-electron chi connectivity index (χ1n) is 8.06. The van der Waals surface area contributed by atoms with E-state index in [2.05, 4.69) is 6.58 Å². The third-order valence-electron chi connectivity index (χ3n) is 4.18. The zero-order valence-corrected chi connectivity index (χ0v) is 15.2. The van der Waals surface area contributed by atoms with Gasteiger partial charge in [0.05, 0.1) is 7.11 Å². The molecule has 1 heterocycles. The van der Waals surface area contributed by atoms with Crippen LogP contribution in [-0.4, -0.2) is 43.2 Å². The molecule has 0 spiro atoms. The molecule has 1 aliphatic heterocycles. The summed E-state index contributed by atoms with van der Waals surface area (Å²) in [6, 6.07) is 5.33. The average molecular weight is 355 g/mol. The number of amides is 1. The summed E-state index contributed by atoms with van der Waals surface area (Å²) in [5.74, 6) is 1.15. The van der Waals surface area contributed by atoms with Gasteiger partial charge >= 0.3 is 0 Å². The molecule has 0 aliphatic carbocycles. The molecule has 6 heteroatoms. The van der Waals surface area contributed by atoms with Gasteiger partial charge in [0.15, 0.2) is 11.5 Å². The van der Waals surface area contributed by atoms with Crippen molar-refractivity contribution in [2.75, 3.05) is 20.3 Å². The molecule has 134 valence electrons. The fourth-order valence-corrected chi connectivity index (χ4v) is 2.99. The maximum absolute atomic E-state index is 12.9. The topological polar surface area (TPSA) is 64.8 Å². The lowest BCUT2D eigenvalue weighted by molar-refractivity contribution is 0.0583. The highest BCUT2D eigenvalue weighted by atomic mass is 35.5. The lowest BCUT2D eigenvalue weighted by atomic mass is 9.96. The first kappa shape index (κ1) is 20.3. The fourth-order valence-electron chi connectivity index (χ4n) is 2.99. The van der Waals surface area contributed by atoms with E-state index in [9.17, 15) is 4.79 Å². The van der Waals surface area contributed by atoms with E-state index >= 15 is 0 Å². The van der Waals surface area contributed by atoms with Crippen molar-refractivity contribution >= 4 is 18.3 Å². The lowest BCUT2D eigenvalue weighted by Gasteiger charge is -2.38. The van der Waals surface area contributed by atoms with Gasteiger partial charge in [0.1, 0.15) is 6.61 Å². The molecule has 2 unspecified atom stereocenters. The molecule has 2 N–H and O–H groups in total. The maximum atomic E-state index is 12.9. The molecule has 0 bridgehead atoms. The summed E-state index contributed by atoms with van der Waals surface area (Å²) in [5.41, 5.74) is 6.66. The Balaban J connectivity index is 0.00000288. The van der Waals surface area contributed by atoms with E-state index in [-0.39, 0.29) is 30.4 Å². The van der Waals surface area contributed by atoms with Gasteiger partial charge in [-0.3, -0.25) is 4.79 Å². The summed E-state index contributed by atoms with van der Waals surface area (Å²) < 4.78 is 10.9. The van der Waals surface area contributed by atoms with Crippen molar-refractivity contribution in [3.63, 3.8) is 0 Å². The van der Waals surface area contributed by atoms with E-state index in [1.165, 1.54) is 0 Å². The number of nitrogens with two attached hydrogens (primary N) is 1. The van der Waals surface area contributed by atoms with Crippen molar-refractivity contribution in [3.05, 3.63) is 36.4 Å². The predicted octanol–water partition coefficient (Wildman–Crippen LogP) is 3.02. The highest BCUT2D eigenvalue weighted by Crippen LogP contribution is 2.30. The van der Waals surface area contributed by atoms with Crippen LogP contribution in [-0.2, 0) is 0 Å². The van der Waals surface area contributed by atoms with Crippen LogP contribution in [0.3, 0.4) is 0 Å². The van der Waals surface area contributed by atoms with E-state index in [1.54, 1.807) is 31.4 Å². The smallest absolute Gasteiger partial charge is 0.254 e. The first-order chi connectivity index (χ1) is 11.1. The number of carbonyl (C=O) groups excluding carboxylic acids is 1. The van der Waals surface area contributed by atoms with Crippen molar-refractivity contribution in [2.45, 2.75) is 38.3 Å². The number of methoxy groups -OCH3 is 1. The Morgan fingerprint density at radius 3 is 2.83 bits per heavy atom. The third kappa shape index (κ3) is 4.65. The molecule has 0 saturated carbocycles. The molecule has 1 saturated heterocycles. The number of carbonyl (C=O) groups is 1. The number of hydrogen-bond acceptors (Lipinski definition) is 4. The molecule has 1 aromatic carbocycles. The minimum atomic E-state index is -0.0312. The van der Waals surface area contributed by atoms with Crippen molar-refractivity contribution in [2.24, 2.45) is 5.73 Å². The average Bonchev–Trinajstić information content (AvgIpc) is 2.59. The normalized spacial score (nSPS) is 18.3. The summed E-state index contributed by atoms with van der Waals surface area (Å²) in [7, 11) is 1.57. The predicted molar refractivity (Wildman–Crippen MR) is 98.3 cm³/mol. The molecular formula is C18H27ClN2O3. The Morgan fingerprint density at radius 1 is 1.46 bits per heavy atom. The monoisotopic (exact) mass is 354 g/mol. The summed E-state index contributed by atoms with van der Waals surface area (Å²) in [5, 5.41) is 0. The van der Waals surface area contributed by atoms with Crippen molar-refractivity contribution in [3.8, 4) is 11.5 Å². The van der Waals surface area contributed by atoms with Crippen LogP contribution in [0, 0.1) is 0 Å². The zero-order valence-electron chi connectivity index (χ0n) is 14.4. The van der Waals surface area contributed by atoms with Crippen LogP contribution in [0.1, 0.15) is 36.5 Å². The highest BCUT2D eigenvalue weighted by molar-refractivity contribution is 5.95. The van der Waals surface area contributed by atoms with Gasteiger partial charge in [-0.05, 0) is 44.4 Å². The maximum Gasteiger partial charge on any atom is 0.254 e. The van der Waals surface area contributed by atoms with E-state index in [0.29, 0.717) is 23.7 Å². The molecule has 1 aromatic rings. The summed E-state index contributed by atoms with van der Waals surface area (Å²) in [6.07, 6.45) is 4.76. The van der Waals surface area contributed by atoms with Gasteiger partial charge in [-0.15, -0.1) is 12.4 Å². The number of nitrogens with zero attached hydrogens (tertiary/aromatic N) is 1. The molecule has 2 atom stereocenters. The van der Waals surface area contributed by atoms with Gasteiger partial charge in [0.25, 0.3) is 5.91 Å². The van der Waals surface area contributed by atoms with Crippen molar-refractivity contribution < 1.29 is 14.3 Å². The van der Waals surface area contributed by atoms with Gasteiger partial charge < -0.3 is 20.1 Å². The van der Waals surface area contributed by atoms with Crippen LogP contribution in [0.4, 0.5) is 0 Å². The van der Waals surface area contributed by atoms with Gasteiger partial charge in [-0.2, -0.15) is 0 Å². The molecule has 0 aromatic heterocycles. The van der Waals surface area contributed by atoms with Crippen LogP contribution >= 0.6 is 12.4 Å². The molecule has 24 heavy (non-hydrogen) atoms. The number of ether oxygens (including phenoxy) is 2. The lowest BCUT2D eigenvalue weighted by Crippen LogP contribution is -2.51. The molecule has 5 nitrogen and oxygen atoms in total. The molecule has 1 fully saturated rings. The largest absolute Gasteiger partial charge is 0.493 e. The van der Waals surface area contributed by atoms with E-state index in [1.807, 2.05) is 11.8 Å². The Morgan fingerprint density at radius 2 is 2.21 bits per heavy atom. The van der Waals surface area contributed by atoms with Gasteiger partial charge in [0.2, 0.25) is 0 Å². The molecular weight excluding hydrogens is 328 g/mol. The molecule has 1 amide bonds. The Kier molecular flexibility index (Phi) is 8.08. The Hall–Kier alpha value is -1.72.